The fourth-order valence-electron chi connectivity index (χ4n) is 4.56. The highest BCUT2D eigenvalue weighted by atomic mass is 32.2. The van der Waals surface area contributed by atoms with E-state index in [-0.39, 0.29) is 0 Å². The second-order valence-corrected chi connectivity index (χ2v) is 12.0. The number of thioether (sulfide) groups is 1. The number of anilines is 1. The number of alkyl carbamates (subject to hydrolysis) is 1. The third kappa shape index (κ3) is 8.51. The van der Waals surface area contributed by atoms with E-state index in [0.717, 1.165) is 10.8 Å². The fraction of sp³-hybridized carbons (Fsp3) is 0.364. The van der Waals surface area contributed by atoms with Crippen molar-refractivity contribution in [1.29, 1.82) is 0 Å². The number of carbonyl (C=O) groups excluding carboxylic acids is 3. The van der Waals surface area contributed by atoms with Crippen LogP contribution in [0.25, 0.3) is 10.8 Å². The molecule has 0 heterocycles. The minimum atomic E-state index is -1.06. The van der Waals surface area contributed by atoms with Gasteiger partial charge in [0.15, 0.2) is 0 Å². The molecule has 3 aromatic carbocycles. The summed E-state index contributed by atoms with van der Waals surface area (Å²) in [4.78, 5) is 42.6. The van der Waals surface area contributed by atoms with Crippen molar-refractivity contribution < 1.29 is 19.1 Å². The van der Waals surface area contributed by atoms with Gasteiger partial charge < -0.3 is 20.3 Å². The summed E-state index contributed by atoms with van der Waals surface area (Å²) in [6, 6.07) is 18.2. The number of amides is 3. The predicted octanol–water partition coefficient (Wildman–Crippen LogP) is 6.38. The van der Waals surface area contributed by atoms with Crippen LogP contribution in [0.1, 0.15) is 58.2 Å². The first kappa shape index (κ1) is 31.6. The van der Waals surface area contributed by atoms with Crippen LogP contribution in [0.5, 0.6) is 0 Å². The Hall–Kier alpha value is -3.96. The second kappa shape index (κ2) is 14.1. The van der Waals surface area contributed by atoms with Crippen LogP contribution < -0.4 is 10.6 Å². The molecule has 3 aromatic rings. The Balaban J connectivity index is 2.05. The number of nitrogens with zero attached hydrogens (tertiary/aromatic N) is 1. The summed E-state index contributed by atoms with van der Waals surface area (Å²) >= 11 is 1.56. The van der Waals surface area contributed by atoms with Crippen LogP contribution in [0.3, 0.4) is 0 Å². The van der Waals surface area contributed by atoms with E-state index in [1.165, 1.54) is 4.90 Å². The smallest absolute Gasteiger partial charge is 0.408 e. The maximum Gasteiger partial charge on any atom is 0.408 e. The zero-order valence-corrected chi connectivity index (χ0v) is 25.4. The molecule has 0 saturated heterocycles. The number of fused-ring (bicyclic) bond motifs is 1. The van der Waals surface area contributed by atoms with E-state index < -0.39 is 41.6 Å². The van der Waals surface area contributed by atoms with Crippen molar-refractivity contribution >= 4 is 46.1 Å². The first-order chi connectivity index (χ1) is 19.4. The number of hydrogen-bond donors (Lipinski definition) is 2. The first-order valence-corrected chi connectivity index (χ1v) is 15.0. The highest BCUT2D eigenvalue weighted by Gasteiger charge is 2.38. The van der Waals surface area contributed by atoms with Crippen molar-refractivity contribution in [2.24, 2.45) is 0 Å². The average Bonchev–Trinajstić information content (AvgIpc) is 2.92. The van der Waals surface area contributed by atoms with Crippen molar-refractivity contribution in [3.8, 4) is 12.3 Å². The van der Waals surface area contributed by atoms with E-state index in [1.54, 1.807) is 56.8 Å². The summed E-state index contributed by atoms with van der Waals surface area (Å²) in [6.07, 6.45) is 7.44. The van der Waals surface area contributed by atoms with E-state index in [2.05, 4.69) is 16.6 Å². The van der Waals surface area contributed by atoms with Crippen LogP contribution in [-0.4, -0.2) is 52.5 Å². The maximum absolute atomic E-state index is 14.3. The minimum absolute atomic E-state index is 0.359. The van der Waals surface area contributed by atoms with E-state index in [9.17, 15) is 14.4 Å². The molecule has 0 aromatic heterocycles. The maximum atomic E-state index is 14.3. The summed E-state index contributed by atoms with van der Waals surface area (Å²) in [7, 11) is 0. The van der Waals surface area contributed by atoms with Crippen molar-refractivity contribution in [2.75, 3.05) is 17.3 Å². The van der Waals surface area contributed by atoms with Gasteiger partial charge >= 0.3 is 6.09 Å². The van der Waals surface area contributed by atoms with Crippen molar-refractivity contribution in [2.45, 2.75) is 64.8 Å². The highest BCUT2D eigenvalue weighted by Crippen LogP contribution is 2.30. The average molecular weight is 574 g/mol. The number of nitrogens with one attached hydrogen (secondary N) is 2. The lowest BCUT2D eigenvalue weighted by molar-refractivity contribution is -0.143. The normalized spacial score (nSPS) is 12.7. The molecule has 0 aliphatic carbocycles. The van der Waals surface area contributed by atoms with E-state index in [4.69, 9.17) is 11.2 Å². The third-order valence-electron chi connectivity index (χ3n) is 6.36. The van der Waals surface area contributed by atoms with Crippen molar-refractivity contribution in [3.63, 3.8) is 0 Å². The minimum Gasteiger partial charge on any atom is -0.444 e. The molecule has 0 fully saturated rings. The number of ether oxygens (including phenoxy) is 1. The Kier molecular flexibility index (Phi) is 10.8. The summed E-state index contributed by atoms with van der Waals surface area (Å²) in [5.41, 5.74) is 0.892. The topological polar surface area (TPSA) is 87.7 Å². The number of rotatable bonds is 10. The van der Waals surface area contributed by atoms with E-state index in [0.29, 0.717) is 29.0 Å². The van der Waals surface area contributed by atoms with Crippen LogP contribution in [0, 0.1) is 12.3 Å². The molecular weight excluding hydrogens is 534 g/mol. The van der Waals surface area contributed by atoms with Gasteiger partial charge in [0.25, 0.3) is 5.91 Å². The zero-order chi connectivity index (χ0) is 30.2. The van der Waals surface area contributed by atoms with Gasteiger partial charge in [0.05, 0.1) is 0 Å². The Labute approximate surface area is 247 Å². The number of benzene rings is 3. The van der Waals surface area contributed by atoms with Crippen molar-refractivity contribution in [1.82, 2.24) is 10.2 Å². The molecule has 0 saturated carbocycles. The first-order valence-electron chi connectivity index (χ1n) is 13.6. The lowest BCUT2D eigenvalue weighted by Crippen LogP contribution is -2.54. The largest absolute Gasteiger partial charge is 0.444 e. The van der Waals surface area contributed by atoms with Gasteiger partial charge in [-0.2, -0.15) is 11.8 Å². The van der Waals surface area contributed by atoms with Crippen molar-refractivity contribution in [3.05, 3.63) is 77.9 Å². The van der Waals surface area contributed by atoms with Gasteiger partial charge in [-0.15, -0.1) is 6.42 Å². The summed E-state index contributed by atoms with van der Waals surface area (Å²) < 4.78 is 5.45. The molecule has 216 valence electrons. The molecule has 3 amide bonds. The second-order valence-electron chi connectivity index (χ2n) is 11.0. The SMILES string of the molecule is C#Cc1ccccc1C(C(=O)Nc1ccc2ccccc2c1)N(C(=O)C(CCSC)NC(=O)OC(C)(C)C)C(C)C. The molecule has 41 heavy (non-hydrogen) atoms. The van der Waals surface area contributed by atoms with E-state index >= 15 is 0 Å². The zero-order valence-electron chi connectivity index (χ0n) is 24.6. The molecule has 0 spiro atoms. The number of terminal acetylenes is 1. The summed E-state index contributed by atoms with van der Waals surface area (Å²) in [5, 5.41) is 7.78. The third-order valence-corrected chi connectivity index (χ3v) is 7.01. The Morgan fingerprint density at radius 1 is 1.00 bits per heavy atom. The van der Waals surface area contributed by atoms with Gasteiger partial charge in [-0.05, 0) is 87.6 Å². The van der Waals surface area contributed by atoms with Gasteiger partial charge in [0, 0.05) is 17.3 Å². The van der Waals surface area contributed by atoms with Crippen LogP contribution in [0.2, 0.25) is 0 Å². The van der Waals surface area contributed by atoms with E-state index in [1.807, 2.05) is 62.6 Å². The Morgan fingerprint density at radius 2 is 1.66 bits per heavy atom. The van der Waals surface area contributed by atoms with Gasteiger partial charge in [-0.3, -0.25) is 9.59 Å². The Bertz CT molecular complexity index is 1420. The fourth-order valence-corrected chi connectivity index (χ4v) is 5.04. The molecule has 2 atom stereocenters. The molecule has 0 aliphatic rings. The molecule has 7 nitrogen and oxygen atoms in total. The summed E-state index contributed by atoms with van der Waals surface area (Å²) in [5.74, 6) is 2.47. The lowest BCUT2D eigenvalue weighted by Gasteiger charge is -2.37. The van der Waals surface area contributed by atoms with Gasteiger partial charge in [-0.1, -0.05) is 54.5 Å². The quantitative estimate of drug-likeness (QED) is 0.275. The molecule has 2 N–H and O–H groups in total. The molecule has 0 radical (unpaired) electrons. The molecular formula is C33H39N3O4S. The Morgan fingerprint density at radius 3 is 2.29 bits per heavy atom. The van der Waals surface area contributed by atoms with Crippen LogP contribution in [-0.2, 0) is 14.3 Å². The van der Waals surface area contributed by atoms with Gasteiger partial charge in [-0.25, -0.2) is 4.79 Å². The highest BCUT2D eigenvalue weighted by molar-refractivity contribution is 7.98. The molecule has 8 heteroatoms. The summed E-state index contributed by atoms with van der Waals surface area (Å²) in [6.45, 7) is 8.96. The molecule has 3 rings (SSSR count). The van der Waals surface area contributed by atoms with Gasteiger partial charge in [0.1, 0.15) is 17.7 Å². The van der Waals surface area contributed by atoms with Gasteiger partial charge in [0.2, 0.25) is 5.91 Å². The standard InChI is InChI=1S/C33H39N3O4S/c1-8-23-13-11-12-16-27(23)29(30(37)34-26-18-17-24-14-9-10-15-25(24)21-26)36(22(2)3)31(38)28(19-20-41-7)35-32(39)40-33(4,5)6/h1,9-18,21-22,28-29H,19-20H2,2-7H3,(H,34,37)(H,35,39). The molecule has 0 bridgehead atoms. The number of carbonyl (C=O) groups is 3. The monoisotopic (exact) mass is 573 g/mol. The lowest BCUT2D eigenvalue weighted by atomic mass is 9.96. The van der Waals surface area contributed by atoms with Crippen LogP contribution in [0.15, 0.2) is 66.7 Å². The predicted molar refractivity (Wildman–Crippen MR) is 168 cm³/mol. The van der Waals surface area contributed by atoms with Crippen LogP contribution >= 0.6 is 11.8 Å². The molecule has 0 aliphatic heterocycles. The van der Waals surface area contributed by atoms with Crippen LogP contribution in [0.4, 0.5) is 10.5 Å². The molecule has 2 unspecified atom stereocenters. The number of hydrogen-bond acceptors (Lipinski definition) is 5.